The Morgan fingerprint density at radius 3 is 2.86 bits per heavy atom. The van der Waals surface area contributed by atoms with E-state index in [4.69, 9.17) is 11.6 Å². The fraction of sp³-hybridized carbons (Fsp3) is 0.333. The first-order valence-electron chi connectivity index (χ1n) is 4.00. The number of hydrogen-bond donors (Lipinski definition) is 2. The summed E-state index contributed by atoms with van der Waals surface area (Å²) < 4.78 is 13.3. The zero-order valence-electron chi connectivity index (χ0n) is 7.90. The number of aromatic hydroxyl groups is 1. The van der Waals surface area contributed by atoms with Gasteiger partial charge in [0.2, 0.25) is 0 Å². The minimum Gasteiger partial charge on any atom is -0.504 e. The summed E-state index contributed by atoms with van der Waals surface area (Å²) >= 11 is 5.65. The van der Waals surface area contributed by atoms with Gasteiger partial charge in [0.05, 0.1) is 12.1 Å². The molecule has 0 saturated carbocycles. The van der Waals surface area contributed by atoms with Crippen LogP contribution in [-0.2, 0) is 11.4 Å². The fourth-order valence-electron chi connectivity index (χ4n) is 1.10. The van der Waals surface area contributed by atoms with E-state index in [-0.39, 0.29) is 11.6 Å². The highest BCUT2D eigenvalue weighted by molar-refractivity contribution is 6.32. The third-order valence-electron chi connectivity index (χ3n) is 1.84. The monoisotopic (exact) mass is 219 g/mol. The van der Waals surface area contributed by atoms with Crippen LogP contribution in [0.5, 0.6) is 5.75 Å². The maximum absolute atomic E-state index is 13.3. The highest BCUT2D eigenvalue weighted by atomic mass is 35.5. The van der Waals surface area contributed by atoms with E-state index in [1.165, 1.54) is 7.11 Å². The van der Waals surface area contributed by atoms with Gasteiger partial charge in [-0.25, -0.2) is 4.39 Å². The maximum atomic E-state index is 13.3. The van der Waals surface area contributed by atoms with Crippen LogP contribution in [0.2, 0.25) is 5.02 Å². The van der Waals surface area contributed by atoms with Gasteiger partial charge < -0.3 is 9.94 Å². The molecule has 1 rings (SSSR count). The highest BCUT2D eigenvalue weighted by Crippen LogP contribution is 2.31. The van der Waals surface area contributed by atoms with Crippen LogP contribution in [-0.4, -0.2) is 12.2 Å². The molecule has 1 aromatic rings. The van der Waals surface area contributed by atoms with Crippen molar-refractivity contribution < 1.29 is 14.3 Å². The summed E-state index contributed by atoms with van der Waals surface area (Å²) in [7, 11) is 1.43. The molecule has 0 amide bonds. The average molecular weight is 220 g/mol. The van der Waals surface area contributed by atoms with Crippen molar-refractivity contribution in [2.75, 3.05) is 7.11 Å². The first kappa shape index (κ1) is 11.2. The predicted molar refractivity (Wildman–Crippen MR) is 51.7 cm³/mol. The summed E-state index contributed by atoms with van der Waals surface area (Å²) in [5.41, 5.74) is 3.42. The lowest BCUT2D eigenvalue weighted by atomic mass is 10.1. The van der Waals surface area contributed by atoms with Crippen LogP contribution in [0.15, 0.2) is 6.07 Å². The van der Waals surface area contributed by atoms with Gasteiger partial charge in [0.25, 0.3) is 0 Å². The maximum Gasteiger partial charge on any atom is 0.170 e. The van der Waals surface area contributed by atoms with Crippen molar-refractivity contribution in [2.45, 2.75) is 13.5 Å². The summed E-state index contributed by atoms with van der Waals surface area (Å²) in [4.78, 5) is 4.58. The molecule has 1 aromatic carbocycles. The number of phenols is 1. The van der Waals surface area contributed by atoms with E-state index in [2.05, 4.69) is 10.3 Å². The Bertz CT molecular complexity index is 344. The second kappa shape index (κ2) is 4.59. The topological polar surface area (TPSA) is 41.5 Å². The lowest BCUT2D eigenvalue weighted by molar-refractivity contribution is 0.0858. The number of hydroxylamine groups is 1. The second-order valence-electron chi connectivity index (χ2n) is 2.85. The van der Waals surface area contributed by atoms with Crippen molar-refractivity contribution in [3.05, 3.63) is 28.0 Å². The Balaban J connectivity index is 3.06. The number of halogens is 2. The quantitative estimate of drug-likeness (QED) is 0.766. The summed E-state index contributed by atoms with van der Waals surface area (Å²) in [5.74, 6) is -1.23. The molecule has 0 radical (unpaired) electrons. The summed E-state index contributed by atoms with van der Waals surface area (Å²) in [5, 5.41) is 9.34. The number of rotatable bonds is 3. The molecular weight excluding hydrogens is 209 g/mol. The molecule has 0 saturated heterocycles. The van der Waals surface area contributed by atoms with Gasteiger partial charge in [-0.15, -0.1) is 0 Å². The normalized spacial score (nSPS) is 10.6. The van der Waals surface area contributed by atoms with Gasteiger partial charge in [0.15, 0.2) is 11.6 Å². The zero-order chi connectivity index (χ0) is 10.7. The molecule has 0 unspecified atom stereocenters. The van der Waals surface area contributed by atoms with Crippen molar-refractivity contribution in [1.29, 1.82) is 0 Å². The third-order valence-corrected chi connectivity index (χ3v) is 2.32. The van der Waals surface area contributed by atoms with Crippen molar-refractivity contribution in [3.8, 4) is 5.75 Å². The minimum atomic E-state index is -0.717. The van der Waals surface area contributed by atoms with Crippen LogP contribution in [0.3, 0.4) is 0 Å². The van der Waals surface area contributed by atoms with Crippen molar-refractivity contribution >= 4 is 11.6 Å². The van der Waals surface area contributed by atoms with E-state index < -0.39 is 11.6 Å². The molecule has 0 spiro atoms. The van der Waals surface area contributed by atoms with Gasteiger partial charge in [0, 0.05) is 12.1 Å². The van der Waals surface area contributed by atoms with Crippen LogP contribution >= 0.6 is 11.6 Å². The molecule has 78 valence electrons. The molecule has 0 bridgehead atoms. The van der Waals surface area contributed by atoms with Gasteiger partial charge in [-0.1, -0.05) is 17.7 Å². The van der Waals surface area contributed by atoms with Crippen molar-refractivity contribution in [2.24, 2.45) is 0 Å². The van der Waals surface area contributed by atoms with Gasteiger partial charge in [0.1, 0.15) is 0 Å². The largest absolute Gasteiger partial charge is 0.504 e. The lowest BCUT2D eigenvalue weighted by Gasteiger charge is -2.08. The van der Waals surface area contributed by atoms with E-state index in [9.17, 15) is 9.50 Å². The fourth-order valence-corrected chi connectivity index (χ4v) is 1.24. The first-order chi connectivity index (χ1) is 6.57. The number of nitrogens with one attached hydrogen (secondary N) is 1. The van der Waals surface area contributed by atoms with Crippen LogP contribution in [0.25, 0.3) is 0 Å². The summed E-state index contributed by atoms with van der Waals surface area (Å²) in [6.45, 7) is 1.87. The van der Waals surface area contributed by atoms with Crippen LogP contribution in [0.4, 0.5) is 4.39 Å². The Morgan fingerprint density at radius 2 is 2.29 bits per heavy atom. The van der Waals surface area contributed by atoms with Crippen LogP contribution < -0.4 is 5.48 Å². The molecule has 5 heteroatoms. The molecular formula is C9H11ClFNO2. The molecule has 3 nitrogen and oxygen atoms in total. The molecule has 2 N–H and O–H groups in total. The van der Waals surface area contributed by atoms with Gasteiger partial charge in [-0.2, -0.15) is 5.48 Å². The number of benzene rings is 1. The van der Waals surface area contributed by atoms with E-state index >= 15 is 0 Å². The molecule has 14 heavy (non-hydrogen) atoms. The Hall–Kier alpha value is -0.840. The molecule has 0 aromatic heterocycles. The van der Waals surface area contributed by atoms with Gasteiger partial charge in [-0.05, 0) is 12.5 Å². The van der Waals surface area contributed by atoms with E-state index in [1.807, 2.05) is 0 Å². The Morgan fingerprint density at radius 1 is 1.64 bits per heavy atom. The predicted octanol–water partition coefficient (Wildman–Crippen LogP) is 2.14. The molecule has 0 aliphatic carbocycles. The number of phenolic OH excluding ortho intramolecular Hbond substituents is 1. The minimum absolute atomic E-state index is 0.0451. The van der Waals surface area contributed by atoms with Crippen LogP contribution in [0.1, 0.15) is 11.1 Å². The summed E-state index contributed by atoms with van der Waals surface area (Å²) in [6, 6.07) is 1.56. The standard InChI is InChI=1S/C9H11ClFNO2/c1-5-3-6(4-12-14-2)8(11)9(13)7(5)10/h3,12-13H,4H2,1-2H3. The molecule has 0 aliphatic heterocycles. The van der Waals surface area contributed by atoms with Crippen molar-refractivity contribution in [1.82, 2.24) is 5.48 Å². The number of aryl methyl sites for hydroxylation is 1. The Labute approximate surface area is 86.4 Å². The zero-order valence-corrected chi connectivity index (χ0v) is 8.65. The third kappa shape index (κ3) is 2.15. The molecule has 0 aliphatic rings. The van der Waals surface area contributed by atoms with Gasteiger partial charge >= 0.3 is 0 Å². The van der Waals surface area contributed by atoms with Crippen LogP contribution in [0, 0.1) is 12.7 Å². The smallest absolute Gasteiger partial charge is 0.170 e. The SMILES string of the molecule is CONCc1cc(C)c(Cl)c(O)c1F. The number of hydrogen-bond acceptors (Lipinski definition) is 3. The van der Waals surface area contributed by atoms with E-state index in [1.54, 1.807) is 13.0 Å². The van der Waals surface area contributed by atoms with E-state index in [0.717, 1.165) is 0 Å². The highest BCUT2D eigenvalue weighted by Gasteiger charge is 2.13. The first-order valence-corrected chi connectivity index (χ1v) is 4.38. The molecule has 0 heterocycles. The second-order valence-corrected chi connectivity index (χ2v) is 3.23. The lowest BCUT2D eigenvalue weighted by Crippen LogP contribution is -2.12. The van der Waals surface area contributed by atoms with E-state index in [0.29, 0.717) is 11.1 Å². The Kier molecular flexibility index (Phi) is 3.69. The molecule has 0 atom stereocenters. The average Bonchev–Trinajstić information content (AvgIpc) is 2.18. The van der Waals surface area contributed by atoms with Crippen molar-refractivity contribution in [3.63, 3.8) is 0 Å². The summed E-state index contributed by atoms with van der Waals surface area (Å²) in [6.07, 6.45) is 0. The molecule has 0 fully saturated rings. The van der Waals surface area contributed by atoms with Gasteiger partial charge in [-0.3, -0.25) is 0 Å².